The van der Waals surface area contributed by atoms with Crippen molar-refractivity contribution < 1.29 is 14.3 Å². The van der Waals surface area contributed by atoms with Gasteiger partial charge in [-0.1, -0.05) is 6.07 Å². The summed E-state index contributed by atoms with van der Waals surface area (Å²) in [4.78, 5) is 14.7. The average Bonchev–Trinajstić information content (AvgIpc) is 2.48. The van der Waals surface area contributed by atoms with Gasteiger partial charge in [0.05, 0.1) is 5.75 Å². The van der Waals surface area contributed by atoms with E-state index < -0.39 is 0 Å². The average molecular weight is 305 g/mol. The molecule has 0 fully saturated rings. The number of benzene rings is 2. The van der Waals surface area contributed by atoms with Crippen LogP contribution in [-0.2, 0) is 4.79 Å². The summed E-state index contributed by atoms with van der Waals surface area (Å²) in [5.41, 5.74) is 0.681. The fourth-order valence-electron chi connectivity index (χ4n) is 1.92. The van der Waals surface area contributed by atoms with Crippen molar-refractivity contribution >= 4 is 23.4 Å². The number of hydrogen-bond acceptors (Lipinski definition) is 3. The molecule has 2 aromatic carbocycles. The molecule has 21 heavy (non-hydrogen) atoms. The lowest BCUT2D eigenvalue weighted by molar-refractivity contribution is -0.116. The van der Waals surface area contributed by atoms with Crippen LogP contribution >= 0.6 is 11.8 Å². The molecule has 1 amide bonds. The number of rotatable bonds is 5. The Kier molecular flexibility index (Phi) is 5.22. The Labute approximate surface area is 127 Å². The van der Waals surface area contributed by atoms with Gasteiger partial charge in [0.25, 0.3) is 0 Å². The van der Waals surface area contributed by atoms with Crippen LogP contribution < -0.4 is 4.90 Å². The van der Waals surface area contributed by atoms with Crippen LogP contribution in [0.3, 0.4) is 0 Å². The van der Waals surface area contributed by atoms with Gasteiger partial charge in [-0.05, 0) is 49.4 Å². The number of aromatic hydroxyl groups is 1. The van der Waals surface area contributed by atoms with E-state index >= 15 is 0 Å². The smallest absolute Gasteiger partial charge is 0.237 e. The van der Waals surface area contributed by atoms with E-state index in [0.29, 0.717) is 12.2 Å². The molecule has 0 saturated heterocycles. The Morgan fingerprint density at radius 1 is 1.24 bits per heavy atom. The number of nitrogens with zero attached hydrogens (tertiary/aromatic N) is 1. The standard InChI is InChI=1S/C16H16FNO2S/c1-2-18(13-8-6-12(17)7-9-13)16(20)11-21-15-5-3-4-14(19)10-15/h3-10,19H,2,11H2,1H3. The molecule has 2 aromatic rings. The lowest BCUT2D eigenvalue weighted by Crippen LogP contribution is -2.32. The van der Waals surface area contributed by atoms with E-state index in [0.717, 1.165) is 4.90 Å². The Morgan fingerprint density at radius 2 is 1.95 bits per heavy atom. The molecule has 0 aliphatic heterocycles. The molecular weight excluding hydrogens is 289 g/mol. The number of anilines is 1. The molecule has 0 heterocycles. The number of carbonyl (C=O) groups excluding carboxylic acids is 1. The molecule has 5 heteroatoms. The molecular formula is C16H16FNO2S. The maximum Gasteiger partial charge on any atom is 0.237 e. The summed E-state index contributed by atoms with van der Waals surface area (Å²) in [7, 11) is 0. The van der Waals surface area contributed by atoms with E-state index in [1.807, 2.05) is 13.0 Å². The number of carbonyl (C=O) groups is 1. The predicted octanol–water partition coefficient (Wildman–Crippen LogP) is 3.68. The minimum Gasteiger partial charge on any atom is -0.508 e. The summed E-state index contributed by atoms with van der Waals surface area (Å²) in [6, 6.07) is 12.6. The summed E-state index contributed by atoms with van der Waals surface area (Å²) < 4.78 is 12.9. The monoisotopic (exact) mass is 305 g/mol. The topological polar surface area (TPSA) is 40.5 Å². The highest BCUT2D eigenvalue weighted by atomic mass is 32.2. The number of hydrogen-bond donors (Lipinski definition) is 1. The van der Waals surface area contributed by atoms with Crippen molar-refractivity contribution in [1.82, 2.24) is 0 Å². The SMILES string of the molecule is CCN(C(=O)CSc1cccc(O)c1)c1ccc(F)cc1. The number of phenolic OH excluding ortho intramolecular Hbond substituents is 1. The molecule has 0 aliphatic rings. The number of halogens is 1. The minimum atomic E-state index is -0.323. The first-order valence-corrected chi connectivity index (χ1v) is 7.56. The molecule has 0 unspecified atom stereocenters. The first-order chi connectivity index (χ1) is 10.1. The maximum absolute atomic E-state index is 12.9. The second-order valence-corrected chi connectivity index (χ2v) is 5.45. The van der Waals surface area contributed by atoms with E-state index in [1.165, 1.54) is 23.9 Å². The Balaban J connectivity index is 2.02. The van der Waals surface area contributed by atoms with Crippen LogP contribution in [0.4, 0.5) is 10.1 Å². The number of phenols is 1. The lowest BCUT2D eigenvalue weighted by Gasteiger charge is -2.20. The molecule has 0 bridgehead atoms. The third-order valence-corrected chi connectivity index (χ3v) is 3.91. The zero-order chi connectivity index (χ0) is 15.2. The van der Waals surface area contributed by atoms with Crippen molar-refractivity contribution in [2.75, 3.05) is 17.2 Å². The molecule has 0 radical (unpaired) electrons. The zero-order valence-corrected chi connectivity index (χ0v) is 12.4. The molecule has 110 valence electrons. The highest BCUT2D eigenvalue weighted by Crippen LogP contribution is 2.23. The van der Waals surface area contributed by atoms with Gasteiger partial charge in [0.15, 0.2) is 0 Å². The Bertz CT molecular complexity index is 616. The molecule has 0 aromatic heterocycles. The van der Waals surface area contributed by atoms with Gasteiger partial charge < -0.3 is 10.0 Å². The largest absolute Gasteiger partial charge is 0.508 e. The van der Waals surface area contributed by atoms with Crippen molar-refractivity contribution in [1.29, 1.82) is 0 Å². The fourth-order valence-corrected chi connectivity index (χ4v) is 2.75. The van der Waals surface area contributed by atoms with Gasteiger partial charge >= 0.3 is 0 Å². The molecule has 2 rings (SSSR count). The van der Waals surface area contributed by atoms with Crippen LogP contribution in [0.5, 0.6) is 5.75 Å². The maximum atomic E-state index is 12.9. The van der Waals surface area contributed by atoms with E-state index in [9.17, 15) is 14.3 Å². The van der Waals surface area contributed by atoms with Crippen molar-refractivity contribution in [3.8, 4) is 5.75 Å². The summed E-state index contributed by atoms with van der Waals surface area (Å²) >= 11 is 1.36. The molecule has 1 N–H and O–H groups in total. The van der Waals surface area contributed by atoms with Gasteiger partial charge in [0.1, 0.15) is 11.6 Å². The Hall–Kier alpha value is -2.01. The zero-order valence-electron chi connectivity index (χ0n) is 11.6. The van der Waals surface area contributed by atoms with Gasteiger partial charge in [-0.2, -0.15) is 0 Å². The highest BCUT2D eigenvalue weighted by Gasteiger charge is 2.14. The third kappa shape index (κ3) is 4.23. The highest BCUT2D eigenvalue weighted by molar-refractivity contribution is 8.00. The van der Waals surface area contributed by atoms with Crippen LogP contribution in [0.25, 0.3) is 0 Å². The van der Waals surface area contributed by atoms with E-state index in [4.69, 9.17) is 0 Å². The van der Waals surface area contributed by atoms with Gasteiger partial charge in [-0.25, -0.2) is 4.39 Å². The van der Waals surface area contributed by atoms with Crippen LogP contribution in [0, 0.1) is 5.82 Å². The van der Waals surface area contributed by atoms with Crippen molar-refractivity contribution in [2.45, 2.75) is 11.8 Å². The first kappa shape index (κ1) is 15.4. The normalized spacial score (nSPS) is 10.4. The van der Waals surface area contributed by atoms with E-state index in [2.05, 4.69) is 0 Å². The Morgan fingerprint density at radius 3 is 2.57 bits per heavy atom. The third-order valence-electron chi connectivity index (χ3n) is 2.94. The van der Waals surface area contributed by atoms with Gasteiger partial charge in [0, 0.05) is 17.1 Å². The van der Waals surface area contributed by atoms with E-state index in [1.54, 1.807) is 35.2 Å². The van der Waals surface area contributed by atoms with Crippen molar-refractivity contribution in [2.24, 2.45) is 0 Å². The number of amides is 1. The minimum absolute atomic E-state index is 0.0579. The van der Waals surface area contributed by atoms with Crippen molar-refractivity contribution in [3.05, 3.63) is 54.3 Å². The van der Waals surface area contributed by atoms with E-state index in [-0.39, 0.29) is 23.2 Å². The van der Waals surface area contributed by atoms with Crippen LogP contribution in [0.15, 0.2) is 53.4 Å². The summed E-state index contributed by atoms with van der Waals surface area (Å²) in [5, 5.41) is 9.39. The van der Waals surface area contributed by atoms with Gasteiger partial charge in [-0.15, -0.1) is 11.8 Å². The fraction of sp³-hybridized carbons (Fsp3) is 0.188. The van der Waals surface area contributed by atoms with Gasteiger partial charge in [-0.3, -0.25) is 4.79 Å². The summed E-state index contributed by atoms with van der Waals surface area (Å²) in [6.45, 7) is 2.39. The first-order valence-electron chi connectivity index (χ1n) is 6.58. The second-order valence-electron chi connectivity index (χ2n) is 4.40. The van der Waals surface area contributed by atoms with Gasteiger partial charge in [0.2, 0.25) is 5.91 Å². The molecule has 0 atom stereocenters. The summed E-state index contributed by atoms with van der Waals surface area (Å²) in [6.07, 6.45) is 0. The predicted molar refractivity (Wildman–Crippen MR) is 83.3 cm³/mol. The lowest BCUT2D eigenvalue weighted by atomic mass is 10.3. The molecule has 3 nitrogen and oxygen atoms in total. The molecule has 0 aliphatic carbocycles. The van der Waals surface area contributed by atoms with Crippen LogP contribution in [-0.4, -0.2) is 23.3 Å². The quantitative estimate of drug-likeness (QED) is 0.857. The summed E-state index contributed by atoms with van der Waals surface area (Å²) in [5.74, 6) is 0.0569. The number of thioether (sulfide) groups is 1. The molecule has 0 saturated carbocycles. The second kappa shape index (κ2) is 7.13. The van der Waals surface area contributed by atoms with Crippen LogP contribution in [0.2, 0.25) is 0 Å². The van der Waals surface area contributed by atoms with Crippen LogP contribution in [0.1, 0.15) is 6.92 Å². The molecule has 0 spiro atoms. The van der Waals surface area contributed by atoms with Crippen molar-refractivity contribution in [3.63, 3.8) is 0 Å².